The monoisotopic (exact) mass is 344 g/mol. The van der Waals surface area contributed by atoms with E-state index in [2.05, 4.69) is 0 Å². The minimum atomic E-state index is -0.728. The summed E-state index contributed by atoms with van der Waals surface area (Å²) in [5, 5.41) is 0. The van der Waals surface area contributed by atoms with E-state index in [1.807, 2.05) is 12.1 Å². The van der Waals surface area contributed by atoms with Crippen molar-refractivity contribution >= 4 is 12.3 Å². The Hall–Kier alpha value is -3.02. The SMILES string of the molecule is O=C(OCCCCCOC(=O)Oc1ccccc1)Oc1ccccc1. The average Bonchev–Trinajstić information content (AvgIpc) is 2.62. The molecule has 2 aromatic carbocycles. The number of hydrogen-bond donors (Lipinski definition) is 0. The molecule has 0 aliphatic heterocycles. The van der Waals surface area contributed by atoms with Gasteiger partial charge in [-0.1, -0.05) is 36.4 Å². The molecule has 0 radical (unpaired) electrons. The Balaban J connectivity index is 1.46. The lowest BCUT2D eigenvalue weighted by Gasteiger charge is -2.07. The van der Waals surface area contributed by atoms with Crippen molar-refractivity contribution in [3.05, 3.63) is 60.7 Å². The first-order valence-electron chi connectivity index (χ1n) is 8.03. The Labute approximate surface area is 146 Å². The molecule has 0 aliphatic carbocycles. The summed E-state index contributed by atoms with van der Waals surface area (Å²) in [4.78, 5) is 22.9. The minimum Gasteiger partial charge on any atom is -0.434 e. The van der Waals surface area contributed by atoms with E-state index in [9.17, 15) is 9.59 Å². The fourth-order valence-corrected chi connectivity index (χ4v) is 1.92. The van der Waals surface area contributed by atoms with E-state index in [1.165, 1.54) is 0 Å². The summed E-state index contributed by atoms with van der Waals surface area (Å²) in [5.41, 5.74) is 0. The van der Waals surface area contributed by atoms with Gasteiger partial charge in [0.15, 0.2) is 0 Å². The van der Waals surface area contributed by atoms with Crippen LogP contribution in [0.25, 0.3) is 0 Å². The van der Waals surface area contributed by atoms with Crippen LogP contribution in [0.1, 0.15) is 19.3 Å². The lowest BCUT2D eigenvalue weighted by molar-refractivity contribution is 0.0918. The van der Waals surface area contributed by atoms with Gasteiger partial charge in [0.25, 0.3) is 0 Å². The van der Waals surface area contributed by atoms with Crippen molar-refractivity contribution in [1.29, 1.82) is 0 Å². The molecule has 2 aromatic rings. The standard InChI is InChI=1S/C19H20O6/c20-18(24-16-10-4-1-5-11-16)22-14-8-3-9-15-23-19(21)25-17-12-6-2-7-13-17/h1-2,4-7,10-13H,3,8-9,14-15H2. The Morgan fingerprint density at radius 3 is 1.40 bits per heavy atom. The zero-order valence-electron chi connectivity index (χ0n) is 13.8. The van der Waals surface area contributed by atoms with Crippen molar-refractivity contribution in [2.45, 2.75) is 19.3 Å². The molecule has 0 unspecified atom stereocenters. The maximum absolute atomic E-state index is 11.4. The molecule has 6 nitrogen and oxygen atoms in total. The van der Waals surface area contributed by atoms with E-state index in [0.29, 0.717) is 24.3 Å². The Kier molecular flexibility index (Phi) is 7.84. The van der Waals surface area contributed by atoms with Crippen molar-refractivity contribution < 1.29 is 28.5 Å². The molecule has 0 saturated carbocycles. The molecule has 0 N–H and O–H groups in total. The molecule has 0 amide bonds. The number of hydrogen-bond acceptors (Lipinski definition) is 6. The Morgan fingerprint density at radius 1 is 0.600 bits per heavy atom. The summed E-state index contributed by atoms with van der Waals surface area (Å²) in [6, 6.07) is 17.4. The van der Waals surface area contributed by atoms with Crippen LogP contribution in [0.5, 0.6) is 11.5 Å². The van der Waals surface area contributed by atoms with Gasteiger partial charge in [0, 0.05) is 0 Å². The number of para-hydroxylation sites is 2. The molecule has 0 spiro atoms. The van der Waals surface area contributed by atoms with Gasteiger partial charge >= 0.3 is 12.3 Å². The van der Waals surface area contributed by atoms with Gasteiger partial charge in [-0.25, -0.2) is 9.59 Å². The molecular weight excluding hydrogens is 324 g/mol. The fourth-order valence-electron chi connectivity index (χ4n) is 1.92. The number of carbonyl (C=O) groups is 2. The molecule has 0 heterocycles. The number of rotatable bonds is 8. The predicted octanol–water partition coefficient (Wildman–Crippen LogP) is 4.59. The first kappa shape index (κ1) is 18.3. The first-order chi connectivity index (χ1) is 12.2. The summed E-state index contributed by atoms with van der Waals surface area (Å²) in [6.07, 6.45) is 0.599. The van der Waals surface area contributed by atoms with Gasteiger partial charge in [-0.3, -0.25) is 0 Å². The summed E-state index contributed by atoms with van der Waals surface area (Å²) >= 11 is 0. The normalized spacial score (nSPS) is 9.92. The molecular formula is C19H20O6. The van der Waals surface area contributed by atoms with E-state index >= 15 is 0 Å². The van der Waals surface area contributed by atoms with Gasteiger partial charge < -0.3 is 18.9 Å². The summed E-state index contributed by atoms with van der Waals surface area (Å²) in [5.74, 6) is 0.885. The molecule has 0 atom stereocenters. The van der Waals surface area contributed by atoms with Gasteiger partial charge in [-0.2, -0.15) is 0 Å². The van der Waals surface area contributed by atoms with Crippen LogP contribution >= 0.6 is 0 Å². The van der Waals surface area contributed by atoms with Crippen molar-refractivity contribution in [2.75, 3.05) is 13.2 Å². The first-order valence-corrected chi connectivity index (χ1v) is 8.03. The van der Waals surface area contributed by atoms with Gasteiger partial charge in [-0.15, -0.1) is 0 Å². The van der Waals surface area contributed by atoms with Gasteiger partial charge in [0.05, 0.1) is 13.2 Å². The van der Waals surface area contributed by atoms with E-state index < -0.39 is 12.3 Å². The summed E-state index contributed by atoms with van der Waals surface area (Å²) < 4.78 is 19.9. The maximum atomic E-state index is 11.4. The number of benzene rings is 2. The highest BCUT2D eigenvalue weighted by Crippen LogP contribution is 2.10. The van der Waals surface area contributed by atoms with Crippen molar-refractivity contribution in [2.24, 2.45) is 0 Å². The predicted molar refractivity (Wildman–Crippen MR) is 90.7 cm³/mol. The van der Waals surface area contributed by atoms with Crippen LogP contribution in [0.4, 0.5) is 9.59 Å². The van der Waals surface area contributed by atoms with Crippen molar-refractivity contribution in [1.82, 2.24) is 0 Å². The second kappa shape index (κ2) is 10.7. The molecule has 0 aliphatic rings. The maximum Gasteiger partial charge on any atom is 0.513 e. The van der Waals surface area contributed by atoms with E-state index in [-0.39, 0.29) is 13.2 Å². The molecule has 0 aromatic heterocycles. The third kappa shape index (κ3) is 7.87. The fraction of sp³-hybridized carbons (Fsp3) is 0.263. The zero-order chi connectivity index (χ0) is 17.7. The second-order valence-corrected chi connectivity index (χ2v) is 5.09. The quantitative estimate of drug-likeness (QED) is 0.396. The molecule has 2 rings (SSSR count). The largest absolute Gasteiger partial charge is 0.513 e. The van der Waals surface area contributed by atoms with Crippen LogP contribution in [0.2, 0.25) is 0 Å². The van der Waals surface area contributed by atoms with Crippen LogP contribution in [0, 0.1) is 0 Å². The number of ether oxygens (including phenoxy) is 4. The minimum absolute atomic E-state index is 0.250. The van der Waals surface area contributed by atoms with Crippen LogP contribution < -0.4 is 9.47 Å². The lowest BCUT2D eigenvalue weighted by atomic mass is 10.2. The van der Waals surface area contributed by atoms with E-state index in [1.54, 1.807) is 48.5 Å². The topological polar surface area (TPSA) is 71.1 Å². The Bertz CT molecular complexity index is 584. The molecule has 0 fully saturated rings. The molecule has 6 heteroatoms. The van der Waals surface area contributed by atoms with Gasteiger partial charge in [-0.05, 0) is 43.5 Å². The average molecular weight is 344 g/mol. The van der Waals surface area contributed by atoms with Crippen molar-refractivity contribution in [3.8, 4) is 11.5 Å². The van der Waals surface area contributed by atoms with Crippen molar-refractivity contribution in [3.63, 3.8) is 0 Å². The van der Waals surface area contributed by atoms with Crippen LogP contribution in [0.15, 0.2) is 60.7 Å². The molecule has 132 valence electrons. The lowest BCUT2D eigenvalue weighted by Crippen LogP contribution is -2.12. The third-order valence-electron chi connectivity index (χ3n) is 3.12. The highest BCUT2D eigenvalue weighted by Gasteiger charge is 2.06. The zero-order valence-corrected chi connectivity index (χ0v) is 13.8. The highest BCUT2D eigenvalue weighted by atomic mass is 16.7. The van der Waals surface area contributed by atoms with E-state index in [0.717, 1.165) is 6.42 Å². The molecule has 25 heavy (non-hydrogen) atoms. The number of carbonyl (C=O) groups excluding carboxylic acids is 2. The van der Waals surface area contributed by atoms with Crippen LogP contribution in [-0.2, 0) is 9.47 Å². The van der Waals surface area contributed by atoms with Crippen LogP contribution in [-0.4, -0.2) is 25.5 Å². The molecule has 0 saturated heterocycles. The summed E-state index contributed by atoms with van der Waals surface area (Å²) in [6.45, 7) is 0.500. The van der Waals surface area contributed by atoms with E-state index in [4.69, 9.17) is 18.9 Å². The van der Waals surface area contributed by atoms with Crippen LogP contribution in [0.3, 0.4) is 0 Å². The van der Waals surface area contributed by atoms with Gasteiger partial charge in [0.1, 0.15) is 11.5 Å². The number of unbranched alkanes of at least 4 members (excludes halogenated alkanes) is 2. The smallest absolute Gasteiger partial charge is 0.434 e. The Morgan fingerprint density at radius 2 is 1.00 bits per heavy atom. The summed E-state index contributed by atoms with van der Waals surface area (Å²) in [7, 11) is 0. The highest BCUT2D eigenvalue weighted by molar-refractivity contribution is 5.64. The molecule has 0 bridgehead atoms. The second-order valence-electron chi connectivity index (χ2n) is 5.09. The third-order valence-corrected chi connectivity index (χ3v) is 3.12. The van der Waals surface area contributed by atoms with Gasteiger partial charge in [0.2, 0.25) is 0 Å².